The second-order valence-electron chi connectivity index (χ2n) is 3.92. The van der Waals surface area contributed by atoms with Crippen molar-refractivity contribution in [3.63, 3.8) is 0 Å². The van der Waals surface area contributed by atoms with E-state index in [-0.39, 0.29) is 6.03 Å². The van der Waals surface area contributed by atoms with Crippen LogP contribution in [0.15, 0.2) is 0 Å². The third kappa shape index (κ3) is 2.36. The Morgan fingerprint density at radius 3 is 2.54 bits per heavy atom. The number of rotatable bonds is 4. The smallest absolute Gasteiger partial charge is 0.319 e. The number of urea groups is 1. The molecule has 1 unspecified atom stereocenters. The lowest BCUT2D eigenvalue weighted by Gasteiger charge is -2.17. The molecule has 0 radical (unpaired) electrons. The van der Waals surface area contributed by atoms with Crippen molar-refractivity contribution >= 4 is 6.03 Å². The molecule has 1 aliphatic rings. The van der Waals surface area contributed by atoms with Crippen molar-refractivity contribution in [1.29, 1.82) is 0 Å². The summed E-state index contributed by atoms with van der Waals surface area (Å²) in [5.74, 6) is 0. The van der Waals surface area contributed by atoms with Crippen molar-refractivity contribution in [2.75, 3.05) is 20.6 Å². The zero-order valence-electron chi connectivity index (χ0n) is 8.92. The average molecular weight is 184 g/mol. The number of hydrogen-bond acceptors (Lipinski definition) is 1. The largest absolute Gasteiger partial charge is 0.326 e. The summed E-state index contributed by atoms with van der Waals surface area (Å²) in [4.78, 5) is 15.1. The van der Waals surface area contributed by atoms with E-state index in [4.69, 9.17) is 0 Å². The standard InChI is InChI=1S/C10H20N2O/c1-4-5-6-7-9-8-11(2)10(13)12(9)3/h9H,4-8H2,1-3H3. The molecule has 0 aromatic rings. The van der Waals surface area contributed by atoms with Gasteiger partial charge in [-0.3, -0.25) is 0 Å². The monoisotopic (exact) mass is 184 g/mol. The van der Waals surface area contributed by atoms with Crippen molar-refractivity contribution in [3.05, 3.63) is 0 Å². The van der Waals surface area contributed by atoms with Gasteiger partial charge in [-0.15, -0.1) is 0 Å². The van der Waals surface area contributed by atoms with Gasteiger partial charge in [0, 0.05) is 20.6 Å². The topological polar surface area (TPSA) is 23.6 Å². The minimum Gasteiger partial charge on any atom is -0.326 e. The first kappa shape index (κ1) is 10.4. The quantitative estimate of drug-likeness (QED) is 0.612. The Labute approximate surface area is 80.7 Å². The van der Waals surface area contributed by atoms with E-state index in [1.54, 1.807) is 4.90 Å². The third-order valence-electron chi connectivity index (χ3n) is 2.80. The van der Waals surface area contributed by atoms with Crippen LogP contribution in [-0.4, -0.2) is 42.5 Å². The second kappa shape index (κ2) is 4.49. The fourth-order valence-corrected chi connectivity index (χ4v) is 1.86. The SMILES string of the molecule is CCCCCC1CN(C)C(=O)N1C. The summed E-state index contributed by atoms with van der Waals surface area (Å²) in [5, 5.41) is 0. The van der Waals surface area contributed by atoms with E-state index in [1.807, 2.05) is 19.0 Å². The van der Waals surface area contributed by atoms with Gasteiger partial charge >= 0.3 is 6.03 Å². The highest BCUT2D eigenvalue weighted by Gasteiger charge is 2.31. The Kier molecular flexibility index (Phi) is 3.58. The van der Waals surface area contributed by atoms with Crippen LogP contribution in [0.3, 0.4) is 0 Å². The molecule has 76 valence electrons. The minimum absolute atomic E-state index is 0.168. The number of carbonyl (C=O) groups is 1. The third-order valence-corrected chi connectivity index (χ3v) is 2.80. The molecular weight excluding hydrogens is 164 g/mol. The molecule has 0 bridgehead atoms. The van der Waals surface area contributed by atoms with Gasteiger partial charge in [-0.05, 0) is 6.42 Å². The van der Waals surface area contributed by atoms with Crippen molar-refractivity contribution in [2.45, 2.75) is 38.6 Å². The van der Waals surface area contributed by atoms with E-state index in [0.717, 1.165) is 13.0 Å². The number of likely N-dealkylation sites (N-methyl/N-ethyl adjacent to an activating group) is 2. The molecule has 1 aliphatic heterocycles. The van der Waals surface area contributed by atoms with Crippen LogP contribution in [0.4, 0.5) is 4.79 Å². The van der Waals surface area contributed by atoms with Gasteiger partial charge in [0.1, 0.15) is 0 Å². The maximum Gasteiger partial charge on any atom is 0.319 e. The minimum atomic E-state index is 0.168. The van der Waals surface area contributed by atoms with Crippen LogP contribution in [0.25, 0.3) is 0 Å². The van der Waals surface area contributed by atoms with Crippen molar-refractivity contribution in [2.24, 2.45) is 0 Å². The molecular formula is C10H20N2O. The van der Waals surface area contributed by atoms with Crippen LogP contribution in [-0.2, 0) is 0 Å². The second-order valence-corrected chi connectivity index (χ2v) is 3.92. The Morgan fingerprint density at radius 1 is 1.38 bits per heavy atom. The zero-order chi connectivity index (χ0) is 9.84. The lowest BCUT2D eigenvalue weighted by Crippen LogP contribution is -2.30. The van der Waals surface area contributed by atoms with Crippen LogP contribution in [0.1, 0.15) is 32.6 Å². The van der Waals surface area contributed by atoms with E-state index in [2.05, 4.69) is 6.92 Å². The van der Waals surface area contributed by atoms with Gasteiger partial charge in [0.05, 0.1) is 6.04 Å². The molecule has 1 fully saturated rings. The maximum absolute atomic E-state index is 11.4. The van der Waals surface area contributed by atoms with Gasteiger partial charge in [-0.1, -0.05) is 26.2 Å². The predicted octanol–water partition coefficient (Wildman–Crippen LogP) is 1.93. The summed E-state index contributed by atoms with van der Waals surface area (Å²) in [7, 11) is 3.78. The van der Waals surface area contributed by atoms with E-state index >= 15 is 0 Å². The first-order valence-electron chi connectivity index (χ1n) is 5.14. The molecule has 3 nitrogen and oxygen atoms in total. The summed E-state index contributed by atoms with van der Waals surface area (Å²) in [5.41, 5.74) is 0. The Balaban J connectivity index is 2.31. The number of amides is 2. The molecule has 0 aliphatic carbocycles. The van der Waals surface area contributed by atoms with Crippen LogP contribution in [0.5, 0.6) is 0 Å². The van der Waals surface area contributed by atoms with Gasteiger partial charge in [0.2, 0.25) is 0 Å². The lowest BCUT2D eigenvalue weighted by atomic mass is 10.1. The summed E-state index contributed by atoms with van der Waals surface area (Å²) in [6.45, 7) is 3.11. The Bertz CT molecular complexity index is 182. The molecule has 1 atom stereocenters. The van der Waals surface area contributed by atoms with Gasteiger partial charge in [0.15, 0.2) is 0 Å². The number of unbranched alkanes of at least 4 members (excludes halogenated alkanes) is 2. The molecule has 0 spiro atoms. The normalized spacial score (nSPS) is 23.0. The summed E-state index contributed by atoms with van der Waals surface area (Å²) >= 11 is 0. The predicted molar refractivity (Wildman–Crippen MR) is 53.7 cm³/mol. The average Bonchev–Trinajstić information content (AvgIpc) is 2.34. The highest BCUT2D eigenvalue weighted by molar-refractivity contribution is 5.76. The Hall–Kier alpha value is -0.730. The van der Waals surface area contributed by atoms with E-state index in [9.17, 15) is 4.79 Å². The van der Waals surface area contributed by atoms with Crippen LogP contribution < -0.4 is 0 Å². The van der Waals surface area contributed by atoms with Crippen LogP contribution in [0.2, 0.25) is 0 Å². The fourth-order valence-electron chi connectivity index (χ4n) is 1.86. The van der Waals surface area contributed by atoms with E-state index < -0.39 is 0 Å². The zero-order valence-corrected chi connectivity index (χ0v) is 8.92. The molecule has 3 heteroatoms. The molecule has 0 N–H and O–H groups in total. The van der Waals surface area contributed by atoms with Gasteiger partial charge in [-0.25, -0.2) is 4.79 Å². The summed E-state index contributed by atoms with van der Waals surface area (Å²) in [6.07, 6.45) is 4.93. The van der Waals surface area contributed by atoms with Crippen molar-refractivity contribution < 1.29 is 4.79 Å². The number of hydrogen-bond donors (Lipinski definition) is 0. The Morgan fingerprint density at radius 2 is 2.08 bits per heavy atom. The molecule has 1 saturated heterocycles. The molecule has 13 heavy (non-hydrogen) atoms. The maximum atomic E-state index is 11.4. The highest BCUT2D eigenvalue weighted by atomic mass is 16.2. The first-order chi connectivity index (χ1) is 6.16. The van der Waals surface area contributed by atoms with Crippen molar-refractivity contribution in [3.8, 4) is 0 Å². The molecule has 0 saturated carbocycles. The number of nitrogens with zero attached hydrogens (tertiary/aromatic N) is 2. The van der Waals surface area contributed by atoms with Crippen molar-refractivity contribution in [1.82, 2.24) is 9.80 Å². The highest BCUT2D eigenvalue weighted by Crippen LogP contribution is 2.17. The molecule has 0 aromatic carbocycles. The molecule has 2 amide bonds. The molecule has 0 aromatic heterocycles. The fraction of sp³-hybridized carbons (Fsp3) is 0.900. The lowest BCUT2D eigenvalue weighted by molar-refractivity contribution is 0.200. The molecule has 1 rings (SSSR count). The van der Waals surface area contributed by atoms with E-state index in [0.29, 0.717) is 6.04 Å². The van der Waals surface area contributed by atoms with Crippen LogP contribution in [0, 0.1) is 0 Å². The van der Waals surface area contributed by atoms with Crippen LogP contribution >= 0.6 is 0 Å². The van der Waals surface area contributed by atoms with Gasteiger partial charge in [-0.2, -0.15) is 0 Å². The van der Waals surface area contributed by atoms with Gasteiger partial charge < -0.3 is 9.80 Å². The van der Waals surface area contributed by atoms with Gasteiger partial charge in [0.25, 0.3) is 0 Å². The summed E-state index contributed by atoms with van der Waals surface area (Å²) in [6, 6.07) is 0.616. The summed E-state index contributed by atoms with van der Waals surface area (Å²) < 4.78 is 0. The first-order valence-corrected chi connectivity index (χ1v) is 5.14. The van der Waals surface area contributed by atoms with E-state index in [1.165, 1.54) is 19.3 Å². The number of carbonyl (C=O) groups excluding carboxylic acids is 1. The molecule has 1 heterocycles.